The number of nitrogens with zero attached hydrogens (tertiary/aromatic N) is 4. The molecule has 34 heavy (non-hydrogen) atoms. The van der Waals surface area contributed by atoms with Crippen LogP contribution in [0.15, 0.2) is 62.9 Å². The first kappa shape index (κ1) is 22.6. The molecule has 5 rings (SSSR count). The lowest BCUT2D eigenvalue weighted by molar-refractivity contribution is 0.167. The van der Waals surface area contributed by atoms with Gasteiger partial charge in [0, 0.05) is 29.0 Å². The molecule has 0 saturated carbocycles. The first-order valence-corrected chi connectivity index (χ1v) is 12.3. The SMILES string of the molecule is CC(c1nnc(SCc2cc(=O)oc3cc(O)ccc23)n1-c1ccc(F)cc1)N1CCCCC1. The van der Waals surface area contributed by atoms with Crippen molar-refractivity contribution in [2.24, 2.45) is 0 Å². The third-order valence-electron chi connectivity index (χ3n) is 6.23. The van der Waals surface area contributed by atoms with Crippen LogP contribution in [0.1, 0.15) is 43.6 Å². The maximum atomic E-state index is 13.7. The molecule has 2 aromatic carbocycles. The van der Waals surface area contributed by atoms with Crippen molar-refractivity contribution in [3.8, 4) is 11.4 Å². The van der Waals surface area contributed by atoms with Crippen LogP contribution in [0.4, 0.5) is 4.39 Å². The molecular formula is C25H25FN4O3S. The molecule has 4 aromatic rings. The van der Waals surface area contributed by atoms with E-state index in [9.17, 15) is 14.3 Å². The second kappa shape index (κ2) is 9.60. The van der Waals surface area contributed by atoms with Gasteiger partial charge >= 0.3 is 5.63 Å². The number of phenolic OH excluding ortho intramolecular Hbond substituents is 1. The van der Waals surface area contributed by atoms with E-state index in [0.717, 1.165) is 48.4 Å². The highest BCUT2D eigenvalue weighted by Gasteiger charge is 2.25. The van der Waals surface area contributed by atoms with Gasteiger partial charge in [-0.05, 0) is 74.8 Å². The Balaban J connectivity index is 1.50. The summed E-state index contributed by atoms with van der Waals surface area (Å²) in [6, 6.07) is 12.6. The van der Waals surface area contributed by atoms with Crippen molar-refractivity contribution in [2.45, 2.75) is 43.1 Å². The summed E-state index contributed by atoms with van der Waals surface area (Å²) in [4.78, 5) is 14.5. The Morgan fingerprint density at radius 2 is 1.85 bits per heavy atom. The predicted octanol–water partition coefficient (Wildman–Crippen LogP) is 5.06. The highest BCUT2D eigenvalue weighted by Crippen LogP contribution is 2.32. The number of phenols is 1. The van der Waals surface area contributed by atoms with Crippen molar-refractivity contribution in [2.75, 3.05) is 13.1 Å². The van der Waals surface area contributed by atoms with E-state index >= 15 is 0 Å². The summed E-state index contributed by atoms with van der Waals surface area (Å²) in [6.45, 7) is 4.16. The van der Waals surface area contributed by atoms with Gasteiger partial charge in [-0.1, -0.05) is 18.2 Å². The Hall–Kier alpha value is -3.17. The van der Waals surface area contributed by atoms with Crippen LogP contribution in [-0.2, 0) is 5.75 Å². The zero-order valence-electron chi connectivity index (χ0n) is 18.8. The number of hydrogen-bond donors (Lipinski definition) is 1. The summed E-state index contributed by atoms with van der Waals surface area (Å²) < 4.78 is 20.9. The highest BCUT2D eigenvalue weighted by molar-refractivity contribution is 7.98. The lowest BCUT2D eigenvalue weighted by Gasteiger charge is -2.31. The van der Waals surface area contributed by atoms with E-state index in [1.165, 1.54) is 42.4 Å². The number of aromatic nitrogens is 3. The van der Waals surface area contributed by atoms with E-state index < -0.39 is 5.63 Å². The number of piperidine rings is 1. The van der Waals surface area contributed by atoms with Crippen LogP contribution in [0.2, 0.25) is 0 Å². The largest absolute Gasteiger partial charge is 0.508 e. The van der Waals surface area contributed by atoms with E-state index in [1.807, 2.05) is 4.57 Å². The Morgan fingerprint density at radius 1 is 1.09 bits per heavy atom. The molecule has 9 heteroatoms. The van der Waals surface area contributed by atoms with Gasteiger partial charge in [0.1, 0.15) is 17.1 Å². The molecule has 1 N–H and O–H groups in total. The van der Waals surface area contributed by atoms with E-state index in [4.69, 9.17) is 4.42 Å². The average Bonchev–Trinajstić information content (AvgIpc) is 3.26. The van der Waals surface area contributed by atoms with Gasteiger partial charge in [0.2, 0.25) is 0 Å². The fraction of sp³-hybridized carbons (Fsp3) is 0.320. The minimum Gasteiger partial charge on any atom is -0.508 e. The maximum absolute atomic E-state index is 13.7. The zero-order valence-corrected chi connectivity index (χ0v) is 19.6. The first-order chi connectivity index (χ1) is 16.5. The van der Waals surface area contributed by atoms with Gasteiger partial charge in [0.05, 0.1) is 6.04 Å². The number of halogens is 1. The number of hydrogen-bond acceptors (Lipinski definition) is 7. The highest BCUT2D eigenvalue weighted by atomic mass is 32.2. The summed E-state index contributed by atoms with van der Waals surface area (Å²) in [5, 5.41) is 20.2. The molecule has 3 heterocycles. The molecule has 176 valence electrons. The molecule has 0 amide bonds. The molecule has 0 radical (unpaired) electrons. The van der Waals surface area contributed by atoms with E-state index in [-0.39, 0.29) is 17.6 Å². The normalized spacial score (nSPS) is 15.6. The van der Waals surface area contributed by atoms with Crippen LogP contribution >= 0.6 is 11.8 Å². The third-order valence-corrected chi connectivity index (χ3v) is 7.20. The Labute approximate surface area is 200 Å². The van der Waals surface area contributed by atoms with E-state index in [2.05, 4.69) is 22.0 Å². The standard InChI is InChI=1S/C25H25FN4O3S/c1-16(29-11-3-2-4-12-29)24-27-28-25(30(24)19-7-5-18(26)6-8-19)34-15-17-13-23(32)33-22-14-20(31)9-10-21(17)22/h5-10,13-14,16,31H,2-4,11-12,15H2,1H3. The number of fused-ring (bicyclic) bond motifs is 1. The fourth-order valence-electron chi connectivity index (χ4n) is 4.43. The molecule has 1 aliphatic rings. The Kier molecular flexibility index (Phi) is 6.38. The molecular weight excluding hydrogens is 455 g/mol. The molecule has 1 fully saturated rings. The Morgan fingerprint density at radius 3 is 2.62 bits per heavy atom. The van der Waals surface area contributed by atoms with Crippen molar-refractivity contribution < 1.29 is 13.9 Å². The molecule has 0 aliphatic carbocycles. The van der Waals surface area contributed by atoms with Gasteiger partial charge in [0.15, 0.2) is 11.0 Å². The van der Waals surface area contributed by atoms with Gasteiger partial charge in [-0.2, -0.15) is 0 Å². The van der Waals surface area contributed by atoms with Gasteiger partial charge in [-0.15, -0.1) is 10.2 Å². The zero-order chi connectivity index (χ0) is 23.7. The fourth-order valence-corrected chi connectivity index (χ4v) is 5.38. The quantitative estimate of drug-likeness (QED) is 0.305. The minimum absolute atomic E-state index is 0.0350. The van der Waals surface area contributed by atoms with Crippen LogP contribution in [0.3, 0.4) is 0 Å². The average molecular weight is 481 g/mol. The maximum Gasteiger partial charge on any atom is 0.336 e. The van der Waals surface area contributed by atoms with Crippen LogP contribution < -0.4 is 5.63 Å². The van der Waals surface area contributed by atoms with Crippen LogP contribution in [0.5, 0.6) is 5.75 Å². The third kappa shape index (κ3) is 4.58. The van der Waals surface area contributed by atoms with Gasteiger partial charge in [0.25, 0.3) is 0 Å². The van der Waals surface area contributed by atoms with Gasteiger partial charge in [-0.3, -0.25) is 9.47 Å². The topological polar surface area (TPSA) is 84.4 Å². The molecule has 2 aromatic heterocycles. The summed E-state index contributed by atoms with van der Waals surface area (Å²) >= 11 is 1.45. The van der Waals surface area contributed by atoms with E-state index in [1.54, 1.807) is 24.3 Å². The van der Waals surface area contributed by atoms with E-state index in [0.29, 0.717) is 16.5 Å². The lowest BCUT2D eigenvalue weighted by atomic mass is 10.1. The smallest absolute Gasteiger partial charge is 0.336 e. The lowest BCUT2D eigenvalue weighted by Crippen LogP contribution is -2.33. The van der Waals surface area contributed by atoms with Crippen LogP contribution in [0.25, 0.3) is 16.7 Å². The molecule has 1 unspecified atom stereocenters. The van der Waals surface area contributed by atoms with Crippen LogP contribution in [-0.4, -0.2) is 37.9 Å². The number of aromatic hydroxyl groups is 1. The van der Waals surface area contributed by atoms with Crippen molar-refractivity contribution in [3.63, 3.8) is 0 Å². The van der Waals surface area contributed by atoms with Crippen molar-refractivity contribution in [1.29, 1.82) is 0 Å². The van der Waals surface area contributed by atoms with Crippen molar-refractivity contribution in [3.05, 3.63) is 76.2 Å². The molecule has 1 aliphatic heterocycles. The summed E-state index contributed by atoms with van der Waals surface area (Å²) in [7, 11) is 0. The van der Waals surface area contributed by atoms with Gasteiger partial charge in [-0.25, -0.2) is 9.18 Å². The molecule has 0 spiro atoms. The minimum atomic E-state index is -0.479. The summed E-state index contributed by atoms with van der Waals surface area (Å²) in [6.07, 6.45) is 3.57. The van der Waals surface area contributed by atoms with Crippen LogP contribution in [0, 0.1) is 5.82 Å². The van der Waals surface area contributed by atoms with Gasteiger partial charge < -0.3 is 9.52 Å². The van der Waals surface area contributed by atoms with Crippen molar-refractivity contribution in [1.82, 2.24) is 19.7 Å². The second-order valence-corrected chi connectivity index (χ2v) is 9.43. The first-order valence-electron chi connectivity index (χ1n) is 11.3. The number of benzene rings is 2. The second-order valence-electron chi connectivity index (χ2n) is 8.49. The predicted molar refractivity (Wildman–Crippen MR) is 129 cm³/mol. The number of rotatable bonds is 6. The molecule has 7 nitrogen and oxygen atoms in total. The molecule has 1 saturated heterocycles. The molecule has 0 bridgehead atoms. The van der Waals surface area contributed by atoms with Crippen molar-refractivity contribution >= 4 is 22.7 Å². The number of likely N-dealkylation sites (tertiary alicyclic amines) is 1. The monoisotopic (exact) mass is 480 g/mol. The molecule has 1 atom stereocenters. The summed E-state index contributed by atoms with van der Waals surface area (Å²) in [5.41, 5.74) is 1.42. The number of thioether (sulfide) groups is 1. The summed E-state index contributed by atoms with van der Waals surface area (Å²) in [5.74, 6) is 0.984. The Bertz CT molecular complexity index is 1360.